The lowest BCUT2D eigenvalue weighted by Gasteiger charge is -2.41. The molecule has 28 heavy (non-hydrogen) atoms. The summed E-state index contributed by atoms with van der Waals surface area (Å²) in [5, 5.41) is 0. The molecule has 7 nitrogen and oxygen atoms in total. The van der Waals surface area contributed by atoms with Crippen molar-refractivity contribution < 1.29 is 14.2 Å². The van der Waals surface area contributed by atoms with Crippen LogP contribution in [0.15, 0.2) is 41.9 Å². The van der Waals surface area contributed by atoms with Crippen LogP contribution in [0.25, 0.3) is 11.1 Å². The highest BCUT2D eigenvalue weighted by atomic mass is 16.5. The molecule has 0 radical (unpaired) electrons. The summed E-state index contributed by atoms with van der Waals surface area (Å²) in [6, 6.07) is 6.39. The normalized spacial score (nSPS) is 30.8. The second-order valence-corrected chi connectivity index (χ2v) is 8.14. The first-order valence-electron chi connectivity index (χ1n) is 9.74. The Hall–Kier alpha value is -2.67. The largest absolute Gasteiger partial charge is 0.490 e. The predicted molar refractivity (Wildman–Crippen MR) is 104 cm³/mol. The number of amidine groups is 1. The van der Waals surface area contributed by atoms with E-state index >= 15 is 0 Å². The van der Waals surface area contributed by atoms with E-state index in [-0.39, 0.29) is 17.7 Å². The third-order valence-electron chi connectivity index (χ3n) is 6.09. The van der Waals surface area contributed by atoms with Crippen molar-refractivity contribution in [1.82, 2.24) is 9.97 Å². The van der Waals surface area contributed by atoms with E-state index in [1.54, 1.807) is 12.4 Å². The second-order valence-electron chi connectivity index (χ2n) is 8.14. The highest BCUT2D eigenvalue weighted by Crippen LogP contribution is 2.47. The van der Waals surface area contributed by atoms with Gasteiger partial charge in [-0.2, -0.15) is 0 Å². The van der Waals surface area contributed by atoms with Gasteiger partial charge in [0.2, 0.25) is 0 Å². The minimum Gasteiger partial charge on any atom is -0.490 e. The SMILES string of the molecule is CC1(CC[C@H]2CC3(COC(N)=N3)c3cc(-c4cncnc4)ccc3O2)CCO1. The summed E-state index contributed by atoms with van der Waals surface area (Å²) < 4.78 is 17.7. The monoisotopic (exact) mass is 380 g/mol. The van der Waals surface area contributed by atoms with Gasteiger partial charge in [0, 0.05) is 29.9 Å². The molecule has 1 aromatic heterocycles. The number of hydrogen-bond donors (Lipinski definition) is 1. The molecule has 0 bridgehead atoms. The van der Waals surface area contributed by atoms with Gasteiger partial charge in [-0.3, -0.25) is 0 Å². The fourth-order valence-electron chi connectivity index (χ4n) is 4.32. The smallest absolute Gasteiger partial charge is 0.283 e. The van der Waals surface area contributed by atoms with E-state index in [0.717, 1.165) is 54.7 Å². The minimum atomic E-state index is -0.505. The Balaban J connectivity index is 1.47. The summed E-state index contributed by atoms with van der Waals surface area (Å²) in [6.45, 7) is 3.47. The van der Waals surface area contributed by atoms with Crippen molar-refractivity contribution >= 4 is 6.02 Å². The first-order chi connectivity index (χ1) is 13.6. The fourth-order valence-corrected chi connectivity index (χ4v) is 4.32. The molecule has 1 fully saturated rings. The van der Waals surface area contributed by atoms with Crippen molar-refractivity contribution in [2.45, 2.75) is 49.9 Å². The first-order valence-corrected chi connectivity index (χ1v) is 9.74. The van der Waals surface area contributed by atoms with Gasteiger partial charge in [0.1, 0.15) is 30.3 Å². The van der Waals surface area contributed by atoms with Gasteiger partial charge in [0.05, 0.1) is 12.2 Å². The van der Waals surface area contributed by atoms with Crippen LogP contribution in [0.1, 0.15) is 38.2 Å². The fraction of sp³-hybridized carbons (Fsp3) is 0.476. The van der Waals surface area contributed by atoms with Gasteiger partial charge in [-0.25, -0.2) is 15.0 Å². The van der Waals surface area contributed by atoms with Crippen molar-refractivity contribution in [2.24, 2.45) is 10.7 Å². The van der Waals surface area contributed by atoms with Crippen molar-refractivity contribution in [1.29, 1.82) is 0 Å². The molecule has 4 heterocycles. The average Bonchev–Trinajstić information content (AvgIpc) is 3.06. The van der Waals surface area contributed by atoms with Crippen LogP contribution in [0.3, 0.4) is 0 Å². The molecular formula is C21H24N4O3. The molecule has 1 saturated heterocycles. The average molecular weight is 380 g/mol. The summed E-state index contributed by atoms with van der Waals surface area (Å²) in [5.74, 6) is 0.846. The number of aliphatic imine (C=N–C) groups is 1. The van der Waals surface area contributed by atoms with E-state index in [0.29, 0.717) is 6.61 Å². The third-order valence-corrected chi connectivity index (χ3v) is 6.09. The van der Waals surface area contributed by atoms with Gasteiger partial charge in [-0.15, -0.1) is 0 Å². The number of hydrogen-bond acceptors (Lipinski definition) is 7. The molecule has 0 amide bonds. The topological polar surface area (TPSA) is 91.9 Å². The number of fused-ring (bicyclic) bond motifs is 2. The first kappa shape index (κ1) is 17.4. The van der Waals surface area contributed by atoms with E-state index in [4.69, 9.17) is 24.9 Å². The van der Waals surface area contributed by atoms with Crippen molar-refractivity contribution in [3.8, 4) is 16.9 Å². The second kappa shape index (κ2) is 6.44. The highest BCUT2D eigenvalue weighted by molar-refractivity contribution is 5.75. The maximum absolute atomic E-state index is 6.36. The Morgan fingerprint density at radius 1 is 1.21 bits per heavy atom. The van der Waals surface area contributed by atoms with Crippen LogP contribution in [0, 0.1) is 0 Å². The lowest BCUT2D eigenvalue weighted by atomic mass is 9.80. The summed E-state index contributed by atoms with van der Waals surface area (Å²) in [5.41, 5.74) is 8.38. The van der Waals surface area contributed by atoms with Crippen LogP contribution in [-0.4, -0.2) is 40.9 Å². The van der Waals surface area contributed by atoms with Gasteiger partial charge in [-0.1, -0.05) is 6.07 Å². The molecule has 1 aromatic carbocycles. The number of aromatic nitrogens is 2. The Labute approximate surface area is 164 Å². The quantitative estimate of drug-likeness (QED) is 0.877. The summed E-state index contributed by atoms with van der Waals surface area (Å²) >= 11 is 0. The zero-order chi connectivity index (χ0) is 19.2. The molecule has 3 aliphatic heterocycles. The van der Waals surface area contributed by atoms with Crippen LogP contribution in [0.2, 0.25) is 0 Å². The van der Waals surface area contributed by atoms with Crippen LogP contribution in [-0.2, 0) is 15.0 Å². The number of rotatable bonds is 4. The summed E-state index contributed by atoms with van der Waals surface area (Å²) in [4.78, 5) is 13.0. The van der Waals surface area contributed by atoms with Gasteiger partial charge in [-0.05, 0) is 43.9 Å². The minimum absolute atomic E-state index is 0.0115. The molecule has 3 atom stereocenters. The zero-order valence-corrected chi connectivity index (χ0v) is 15.9. The van der Waals surface area contributed by atoms with E-state index in [9.17, 15) is 0 Å². The van der Waals surface area contributed by atoms with E-state index in [1.165, 1.54) is 6.33 Å². The molecule has 7 heteroatoms. The summed E-state index contributed by atoms with van der Waals surface area (Å²) in [7, 11) is 0. The van der Waals surface area contributed by atoms with Gasteiger partial charge >= 0.3 is 0 Å². The molecule has 2 unspecified atom stereocenters. The molecule has 0 aliphatic carbocycles. The molecule has 146 valence electrons. The lowest BCUT2D eigenvalue weighted by Crippen LogP contribution is -2.43. The zero-order valence-electron chi connectivity index (χ0n) is 15.9. The standard InChI is InChI=1S/C21H24N4O3/c1-20(6-7-27-20)5-4-16-9-21(12-26-19(22)25-21)17-8-14(2-3-18(17)28-16)15-10-23-13-24-11-15/h2-3,8,10-11,13,16H,4-7,9,12H2,1H3,(H2,22,25)/t16-,20?,21?/m0/s1. The number of ether oxygens (including phenoxy) is 3. The Morgan fingerprint density at radius 2 is 2.04 bits per heavy atom. The van der Waals surface area contributed by atoms with Crippen LogP contribution >= 0.6 is 0 Å². The number of benzene rings is 1. The van der Waals surface area contributed by atoms with E-state index < -0.39 is 5.54 Å². The number of nitrogens with two attached hydrogens (primary N) is 1. The molecule has 0 saturated carbocycles. The van der Waals surface area contributed by atoms with Gasteiger partial charge < -0.3 is 19.9 Å². The van der Waals surface area contributed by atoms with Crippen molar-refractivity contribution in [3.63, 3.8) is 0 Å². The third kappa shape index (κ3) is 2.99. The Bertz CT molecular complexity index is 913. The Morgan fingerprint density at radius 3 is 2.71 bits per heavy atom. The highest BCUT2D eigenvalue weighted by Gasteiger charge is 2.46. The molecule has 1 spiro atoms. The summed E-state index contributed by atoms with van der Waals surface area (Å²) in [6.07, 6.45) is 8.93. The lowest BCUT2D eigenvalue weighted by molar-refractivity contribution is -0.142. The van der Waals surface area contributed by atoms with Crippen molar-refractivity contribution in [2.75, 3.05) is 13.2 Å². The van der Waals surface area contributed by atoms with Crippen LogP contribution in [0.5, 0.6) is 5.75 Å². The molecule has 2 aromatic rings. The van der Waals surface area contributed by atoms with Gasteiger partial charge in [0.25, 0.3) is 6.02 Å². The Kier molecular flexibility index (Phi) is 4.01. The number of nitrogens with zero attached hydrogens (tertiary/aromatic N) is 3. The molecule has 5 rings (SSSR count). The van der Waals surface area contributed by atoms with Crippen LogP contribution in [0.4, 0.5) is 0 Å². The van der Waals surface area contributed by atoms with Gasteiger partial charge in [0.15, 0.2) is 0 Å². The maximum atomic E-state index is 6.36. The van der Waals surface area contributed by atoms with E-state index in [2.05, 4.69) is 23.0 Å². The maximum Gasteiger partial charge on any atom is 0.283 e. The van der Waals surface area contributed by atoms with E-state index in [1.807, 2.05) is 12.1 Å². The molecule has 2 N–H and O–H groups in total. The van der Waals surface area contributed by atoms with Crippen molar-refractivity contribution in [3.05, 3.63) is 42.5 Å². The molecular weight excluding hydrogens is 356 g/mol. The van der Waals surface area contributed by atoms with Crippen LogP contribution < -0.4 is 10.5 Å². The predicted octanol–water partition coefficient (Wildman–Crippen LogP) is 2.79. The molecule has 3 aliphatic rings.